The summed E-state index contributed by atoms with van der Waals surface area (Å²) in [5.74, 6) is 1.43. The number of pyridine rings is 1. The van der Waals surface area contributed by atoms with E-state index in [9.17, 15) is 0 Å². The molecule has 3 aromatic heterocycles. The van der Waals surface area contributed by atoms with Crippen molar-refractivity contribution in [2.24, 2.45) is 0 Å². The van der Waals surface area contributed by atoms with Gasteiger partial charge in [0.1, 0.15) is 0 Å². The van der Waals surface area contributed by atoms with Crippen LogP contribution in [0, 0.1) is 13.8 Å². The number of hydrogen-bond donors (Lipinski definition) is 0. The van der Waals surface area contributed by atoms with Gasteiger partial charge in [-0.25, -0.2) is 4.98 Å². The third-order valence-corrected chi connectivity index (χ3v) is 3.70. The summed E-state index contributed by atoms with van der Waals surface area (Å²) in [6.45, 7) is 4.00. The minimum atomic E-state index is 0.654. The minimum Gasteiger partial charge on any atom is -0.260 e. The van der Waals surface area contributed by atoms with Crippen LogP contribution in [0.1, 0.15) is 17.1 Å². The lowest BCUT2D eigenvalue weighted by Crippen LogP contribution is -1.98. The summed E-state index contributed by atoms with van der Waals surface area (Å²) in [6, 6.07) is 7.94. The Labute approximate surface area is 115 Å². The molecule has 0 fully saturated rings. The van der Waals surface area contributed by atoms with Crippen LogP contribution in [0.4, 0.5) is 0 Å². The van der Waals surface area contributed by atoms with Gasteiger partial charge in [-0.2, -0.15) is 0 Å². The van der Waals surface area contributed by atoms with E-state index in [2.05, 4.69) is 20.2 Å². The van der Waals surface area contributed by atoms with Crippen molar-refractivity contribution in [3.8, 4) is 0 Å². The smallest absolute Gasteiger partial charge is 0.256 e. The van der Waals surface area contributed by atoms with E-state index in [1.807, 2.05) is 42.5 Å². The molecule has 6 heteroatoms. The number of thioether (sulfide) groups is 1. The molecule has 0 N–H and O–H groups in total. The first-order valence-corrected chi connectivity index (χ1v) is 6.95. The maximum atomic E-state index is 4.37. The van der Waals surface area contributed by atoms with Crippen LogP contribution in [0.15, 0.2) is 35.6 Å². The quantitative estimate of drug-likeness (QED) is 0.685. The van der Waals surface area contributed by atoms with Crippen molar-refractivity contribution in [3.63, 3.8) is 0 Å². The molecule has 3 heterocycles. The Hall–Kier alpha value is -1.95. The third kappa shape index (κ3) is 2.44. The van der Waals surface area contributed by atoms with Gasteiger partial charge < -0.3 is 0 Å². The number of rotatable bonds is 3. The molecule has 0 aliphatic heterocycles. The predicted molar refractivity (Wildman–Crippen MR) is 74.1 cm³/mol. The lowest BCUT2D eigenvalue weighted by atomic mass is 10.3. The monoisotopic (exact) mass is 271 g/mol. The standard InChI is InChI=1S/C13H13N5S/c1-9-7-10(2)18-12(15-9)16-17-13(18)19-8-11-5-3-4-6-14-11/h3-7H,8H2,1-2H3. The zero-order valence-corrected chi connectivity index (χ0v) is 11.6. The summed E-state index contributed by atoms with van der Waals surface area (Å²) < 4.78 is 1.97. The fraction of sp³-hybridized carbons (Fsp3) is 0.231. The molecular formula is C13H13N5S. The van der Waals surface area contributed by atoms with Crippen molar-refractivity contribution in [1.82, 2.24) is 24.6 Å². The van der Waals surface area contributed by atoms with Crippen LogP contribution in [-0.2, 0) is 5.75 Å². The Bertz CT molecular complexity index is 708. The Morgan fingerprint density at radius 2 is 2.11 bits per heavy atom. The summed E-state index contributed by atoms with van der Waals surface area (Å²) in [6.07, 6.45) is 1.80. The van der Waals surface area contributed by atoms with Crippen LogP contribution < -0.4 is 0 Å². The van der Waals surface area contributed by atoms with Crippen molar-refractivity contribution >= 4 is 17.5 Å². The highest BCUT2D eigenvalue weighted by Gasteiger charge is 2.10. The molecule has 5 nitrogen and oxygen atoms in total. The molecule has 0 aliphatic rings. The van der Waals surface area contributed by atoms with E-state index in [4.69, 9.17) is 0 Å². The van der Waals surface area contributed by atoms with E-state index in [-0.39, 0.29) is 0 Å². The van der Waals surface area contributed by atoms with Gasteiger partial charge in [-0.05, 0) is 32.0 Å². The predicted octanol–water partition coefficient (Wildman–Crippen LogP) is 2.43. The summed E-state index contributed by atoms with van der Waals surface area (Å²) in [5.41, 5.74) is 3.08. The van der Waals surface area contributed by atoms with Gasteiger partial charge in [-0.1, -0.05) is 17.8 Å². The van der Waals surface area contributed by atoms with Gasteiger partial charge in [0.2, 0.25) is 0 Å². The molecule has 0 unspecified atom stereocenters. The van der Waals surface area contributed by atoms with Crippen molar-refractivity contribution in [2.45, 2.75) is 24.8 Å². The molecule has 19 heavy (non-hydrogen) atoms. The topological polar surface area (TPSA) is 56.0 Å². The van der Waals surface area contributed by atoms with Gasteiger partial charge in [0.05, 0.1) is 5.69 Å². The Morgan fingerprint density at radius 1 is 1.21 bits per heavy atom. The van der Waals surface area contributed by atoms with Crippen LogP contribution in [0.2, 0.25) is 0 Å². The summed E-state index contributed by atoms with van der Waals surface area (Å²) in [4.78, 5) is 8.67. The summed E-state index contributed by atoms with van der Waals surface area (Å²) in [5, 5.41) is 9.16. The van der Waals surface area contributed by atoms with Gasteiger partial charge in [0.15, 0.2) is 5.16 Å². The maximum absolute atomic E-state index is 4.37. The molecule has 0 bridgehead atoms. The van der Waals surface area contributed by atoms with Gasteiger partial charge in [0, 0.05) is 23.3 Å². The number of nitrogens with zero attached hydrogens (tertiary/aromatic N) is 5. The highest BCUT2D eigenvalue weighted by Crippen LogP contribution is 2.21. The summed E-state index contributed by atoms with van der Waals surface area (Å²) in [7, 11) is 0. The van der Waals surface area contributed by atoms with Crippen molar-refractivity contribution < 1.29 is 0 Å². The van der Waals surface area contributed by atoms with E-state index < -0.39 is 0 Å². The zero-order chi connectivity index (χ0) is 13.2. The van der Waals surface area contributed by atoms with E-state index in [1.54, 1.807) is 18.0 Å². The first-order valence-electron chi connectivity index (χ1n) is 5.96. The van der Waals surface area contributed by atoms with Crippen LogP contribution in [0.5, 0.6) is 0 Å². The molecule has 0 atom stereocenters. The average Bonchev–Trinajstić information content (AvgIpc) is 2.81. The second-order valence-corrected chi connectivity index (χ2v) is 5.21. The lowest BCUT2D eigenvalue weighted by Gasteiger charge is -2.03. The normalized spacial score (nSPS) is 11.1. The third-order valence-electron chi connectivity index (χ3n) is 2.74. The van der Waals surface area contributed by atoms with Crippen molar-refractivity contribution in [1.29, 1.82) is 0 Å². The second kappa shape index (κ2) is 4.97. The average molecular weight is 271 g/mol. The first kappa shape index (κ1) is 12.1. The Kier molecular flexibility index (Phi) is 3.16. The zero-order valence-electron chi connectivity index (χ0n) is 10.7. The minimum absolute atomic E-state index is 0.654. The SMILES string of the molecule is Cc1cc(C)n2c(SCc3ccccn3)nnc2n1. The molecule has 0 amide bonds. The number of aromatic nitrogens is 5. The van der Waals surface area contributed by atoms with Crippen molar-refractivity contribution in [3.05, 3.63) is 47.5 Å². The summed E-state index contributed by atoms with van der Waals surface area (Å²) >= 11 is 1.62. The lowest BCUT2D eigenvalue weighted by molar-refractivity contribution is 0.885. The first-order chi connectivity index (χ1) is 9.24. The van der Waals surface area contributed by atoms with E-state index in [0.717, 1.165) is 28.0 Å². The van der Waals surface area contributed by atoms with Crippen LogP contribution >= 0.6 is 11.8 Å². The fourth-order valence-electron chi connectivity index (χ4n) is 1.92. The Balaban J connectivity index is 1.90. The second-order valence-electron chi connectivity index (χ2n) is 4.27. The molecule has 0 aliphatic carbocycles. The number of fused-ring (bicyclic) bond motifs is 1. The van der Waals surface area contributed by atoms with Gasteiger partial charge >= 0.3 is 0 Å². The molecule has 0 aromatic carbocycles. The van der Waals surface area contributed by atoms with Gasteiger partial charge in [0.25, 0.3) is 5.78 Å². The maximum Gasteiger partial charge on any atom is 0.256 e. The van der Waals surface area contributed by atoms with E-state index >= 15 is 0 Å². The van der Waals surface area contributed by atoms with Crippen LogP contribution in [-0.4, -0.2) is 24.6 Å². The van der Waals surface area contributed by atoms with Gasteiger partial charge in [-0.3, -0.25) is 9.38 Å². The number of hydrogen-bond acceptors (Lipinski definition) is 5. The largest absolute Gasteiger partial charge is 0.260 e. The molecule has 0 radical (unpaired) electrons. The van der Waals surface area contributed by atoms with Crippen LogP contribution in [0.3, 0.4) is 0 Å². The highest BCUT2D eigenvalue weighted by atomic mass is 32.2. The molecule has 0 saturated heterocycles. The molecule has 0 spiro atoms. The fourth-order valence-corrected chi connectivity index (χ4v) is 2.82. The molecule has 3 aromatic rings. The van der Waals surface area contributed by atoms with Gasteiger partial charge in [-0.15, -0.1) is 10.2 Å². The molecular weight excluding hydrogens is 258 g/mol. The van der Waals surface area contributed by atoms with E-state index in [0.29, 0.717) is 5.78 Å². The molecule has 3 rings (SSSR count). The highest BCUT2D eigenvalue weighted by molar-refractivity contribution is 7.98. The number of aryl methyl sites for hydroxylation is 2. The molecule has 96 valence electrons. The van der Waals surface area contributed by atoms with Crippen molar-refractivity contribution in [2.75, 3.05) is 0 Å². The molecule has 0 saturated carbocycles. The van der Waals surface area contributed by atoms with Crippen LogP contribution in [0.25, 0.3) is 5.78 Å². The van der Waals surface area contributed by atoms with E-state index in [1.165, 1.54) is 0 Å². The Morgan fingerprint density at radius 3 is 2.89 bits per heavy atom.